The van der Waals surface area contributed by atoms with Gasteiger partial charge in [0, 0.05) is 20.3 Å². The number of hydrogen-bond donors (Lipinski definition) is 0. The number of alkyl halides is 3. The fraction of sp³-hybridized carbons (Fsp3) is 0.857. The summed E-state index contributed by atoms with van der Waals surface area (Å²) in [5, 5.41) is 0. The largest absolute Gasteiger partial charge is 0.490 e. The van der Waals surface area contributed by atoms with Gasteiger partial charge in [-0.05, 0) is 6.42 Å². The summed E-state index contributed by atoms with van der Waals surface area (Å²) in [4.78, 5) is 10.3. The summed E-state index contributed by atoms with van der Waals surface area (Å²) in [5.41, 5.74) is 0. The molecule has 16 heavy (non-hydrogen) atoms. The van der Waals surface area contributed by atoms with Gasteiger partial charge in [-0.3, -0.25) is 0 Å². The van der Waals surface area contributed by atoms with E-state index in [0.717, 1.165) is 0 Å². The highest BCUT2D eigenvalue weighted by molar-refractivity contribution is 9.25. The molecule has 0 aromatic rings. The van der Waals surface area contributed by atoms with Gasteiger partial charge in [-0.1, -0.05) is 15.3 Å². The number of carbonyl (C=O) groups excluding carboxylic acids is 1. The van der Waals surface area contributed by atoms with Gasteiger partial charge >= 0.3 is 19.3 Å². The second-order valence-corrected chi connectivity index (χ2v) is 9.07. The molecule has 0 N–H and O–H groups in total. The maximum Gasteiger partial charge on any atom is 0.490 e. The van der Waals surface area contributed by atoms with E-state index in [4.69, 9.17) is 8.85 Å². The van der Waals surface area contributed by atoms with Crippen molar-refractivity contribution in [1.82, 2.24) is 0 Å². The first-order chi connectivity index (χ1) is 7.25. The molecule has 0 rings (SSSR count). The monoisotopic (exact) mass is 324 g/mol. The third-order valence-corrected chi connectivity index (χ3v) is 7.00. The Bertz CT molecular complexity index is 232. The van der Waals surface area contributed by atoms with Gasteiger partial charge in [-0.2, -0.15) is 13.2 Å². The van der Waals surface area contributed by atoms with Crippen molar-refractivity contribution in [3.63, 3.8) is 0 Å². The SMILES string of the molecule is CO[Si](Br)(CCCOC(=O)C(F)(F)F)OC. The van der Waals surface area contributed by atoms with Gasteiger partial charge in [0.05, 0.1) is 6.61 Å². The number of halogens is 4. The van der Waals surface area contributed by atoms with Crippen LogP contribution in [-0.2, 0) is 18.4 Å². The van der Waals surface area contributed by atoms with Crippen molar-refractivity contribution in [2.75, 3.05) is 20.8 Å². The molecule has 96 valence electrons. The molecule has 4 nitrogen and oxygen atoms in total. The van der Waals surface area contributed by atoms with E-state index in [-0.39, 0.29) is 13.0 Å². The van der Waals surface area contributed by atoms with Crippen LogP contribution in [0.15, 0.2) is 0 Å². The average molecular weight is 325 g/mol. The molecular weight excluding hydrogens is 313 g/mol. The summed E-state index contributed by atoms with van der Waals surface area (Å²) < 4.78 is 49.2. The van der Waals surface area contributed by atoms with Crippen LogP contribution >= 0.6 is 15.3 Å². The van der Waals surface area contributed by atoms with Crippen LogP contribution < -0.4 is 0 Å². The Morgan fingerprint density at radius 3 is 2.19 bits per heavy atom. The van der Waals surface area contributed by atoms with Crippen molar-refractivity contribution in [2.45, 2.75) is 18.6 Å². The summed E-state index contributed by atoms with van der Waals surface area (Å²) >= 11 is 3.22. The molecule has 0 aliphatic carbocycles. The minimum atomic E-state index is -4.94. The number of hydrogen-bond acceptors (Lipinski definition) is 4. The molecule has 0 bridgehead atoms. The fourth-order valence-electron chi connectivity index (χ4n) is 0.817. The summed E-state index contributed by atoms with van der Waals surface area (Å²) in [6.07, 6.45) is -4.70. The van der Waals surface area contributed by atoms with Crippen LogP contribution in [0.4, 0.5) is 13.2 Å². The molecule has 0 aromatic heterocycles. The molecule has 0 radical (unpaired) electrons. The molecule has 0 aromatic carbocycles. The molecule has 0 saturated carbocycles. The van der Waals surface area contributed by atoms with Gasteiger partial charge in [-0.15, -0.1) is 0 Å². The second-order valence-electron chi connectivity index (χ2n) is 2.81. The van der Waals surface area contributed by atoms with E-state index in [9.17, 15) is 18.0 Å². The third kappa shape index (κ3) is 5.82. The fourth-order valence-corrected chi connectivity index (χ4v) is 2.80. The van der Waals surface area contributed by atoms with Gasteiger partial charge in [0.2, 0.25) is 0 Å². The number of ether oxygens (including phenoxy) is 1. The van der Waals surface area contributed by atoms with Gasteiger partial charge in [0.15, 0.2) is 0 Å². The first-order valence-corrected chi connectivity index (χ1v) is 8.56. The Labute approximate surface area is 99.9 Å². The minimum absolute atomic E-state index is 0.237. The third-order valence-electron chi connectivity index (χ3n) is 1.69. The predicted octanol–water partition coefficient (Wildman–Crippen LogP) is 2.11. The van der Waals surface area contributed by atoms with Gasteiger partial charge in [0.1, 0.15) is 0 Å². The lowest BCUT2D eigenvalue weighted by Gasteiger charge is -2.19. The lowest BCUT2D eigenvalue weighted by atomic mass is 10.5. The Hall–Kier alpha value is -0.123. The first kappa shape index (κ1) is 15.9. The number of rotatable bonds is 6. The lowest BCUT2D eigenvalue weighted by Crippen LogP contribution is -2.33. The topological polar surface area (TPSA) is 44.8 Å². The van der Waals surface area contributed by atoms with Crippen molar-refractivity contribution in [3.8, 4) is 0 Å². The maximum absolute atomic E-state index is 11.7. The Balaban J connectivity index is 3.81. The van der Waals surface area contributed by atoms with E-state index in [1.807, 2.05) is 0 Å². The van der Waals surface area contributed by atoms with Crippen LogP contribution in [-0.4, -0.2) is 40.2 Å². The minimum Gasteiger partial charge on any atom is -0.459 e. The normalized spacial score (nSPS) is 12.6. The molecule has 0 amide bonds. The van der Waals surface area contributed by atoms with E-state index < -0.39 is 19.3 Å². The Morgan fingerprint density at radius 2 is 1.81 bits per heavy atom. The van der Waals surface area contributed by atoms with Crippen LogP contribution in [0.3, 0.4) is 0 Å². The van der Waals surface area contributed by atoms with Gasteiger partial charge in [-0.25, -0.2) is 4.79 Å². The van der Waals surface area contributed by atoms with Crippen molar-refractivity contribution >= 4 is 28.4 Å². The molecule has 0 saturated heterocycles. The molecule has 0 spiro atoms. The zero-order valence-electron chi connectivity index (χ0n) is 8.77. The Morgan fingerprint density at radius 1 is 1.31 bits per heavy atom. The zero-order chi connectivity index (χ0) is 12.8. The molecule has 0 aliphatic rings. The van der Waals surface area contributed by atoms with Crippen molar-refractivity contribution in [1.29, 1.82) is 0 Å². The number of carbonyl (C=O) groups is 1. The summed E-state index contributed by atoms with van der Waals surface area (Å²) in [6.45, 7) is -0.314. The maximum atomic E-state index is 11.7. The van der Waals surface area contributed by atoms with Crippen molar-refractivity contribution in [3.05, 3.63) is 0 Å². The molecule has 0 aliphatic heterocycles. The highest BCUT2D eigenvalue weighted by atomic mass is 79.9. The molecule has 0 atom stereocenters. The van der Waals surface area contributed by atoms with Crippen molar-refractivity contribution < 1.29 is 31.6 Å². The van der Waals surface area contributed by atoms with E-state index >= 15 is 0 Å². The highest BCUT2D eigenvalue weighted by Gasteiger charge is 2.41. The van der Waals surface area contributed by atoms with Crippen LogP contribution in [0.5, 0.6) is 0 Å². The molecule has 0 unspecified atom stereocenters. The molecule has 0 heterocycles. The Kier molecular flexibility index (Phi) is 6.52. The van der Waals surface area contributed by atoms with Crippen molar-refractivity contribution in [2.24, 2.45) is 0 Å². The van der Waals surface area contributed by atoms with Gasteiger partial charge in [0.25, 0.3) is 0 Å². The van der Waals surface area contributed by atoms with E-state index in [1.165, 1.54) is 14.2 Å². The van der Waals surface area contributed by atoms with Gasteiger partial charge < -0.3 is 13.6 Å². The smallest absolute Gasteiger partial charge is 0.459 e. The van der Waals surface area contributed by atoms with E-state index in [1.54, 1.807) is 0 Å². The highest BCUT2D eigenvalue weighted by Crippen LogP contribution is 2.22. The molecule has 0 fully saturated rings. The molecule has 9 heteroatoms. The van der Waals surface area contributed by atoms with E-state index in [0.29, 0.717) is 6.04 Å². The molecular formula is C7H12BrF3O4Si. The first-order valence-electron chi connectivity index (χ1n) is 4.28. The lowest BCUT2D eigenvalue weighted by molar-refractivity contribution is -0.199. The summed E-state index contributed by atoms with van der Waals surface area (Å²) in [7, 11) is 0.398. The van der Waals surface area contributed by atoms with Crippen LogP contribution in [0.2, 0.25) is 6.04 Å². The average Bonchev–Trinajstić information content (AvgIpc) is 2.22. The van der Waals surface area contributed by atoms with Crippen LogP contribution in [0.25, 0.3) is 0 Å². The second kappa shape index (κ2) is 6.57. The zero-order valence-corrected chi connectivity index (χ0v) is 11.4. The number of esters is 1. The van der Waals surface area contributed by atoms with Crippen LogP contribution in [0, 0.1) is 0 Å². The van der Waals surface area contributed by atoms with E-state index in [2.05, 4.69) is 20.0 Å². The predicted molar refractivity (Wildman–Crippen MR) is 55.1 cm³/mol. The quantitative estimate of drug-likeness (QED) is 0.325. The van der Waals surface area contributed by atoms with Crippen LogP contribution in [0.1, 0.15) is 6.42 Å². The standard InChI is InChI=1S/C7H12BrF3O4Si/c1-13-16(8,14-2)5-3-4-15-6(12)7(9,10)11/h3-5H2,1-2H3. The summed E-state index contributed by atoms with van der Waals surface area (Å²) in [5.74, 6) is -2.18. The summed E-state index contributed by atoms with van der Waals surface area (Å²) in [6, 6.07) is 0.380.